The molecule has 140 valence electrons. The average molecular weight is 384 g/mol. The highest BCUT2D eigenvalue weighted by molar-refractivity contribution is 7.88. The van der Waals surface area contributed by atoms with Crippen molar-refractivity contribution in [1.82, 2.24) is 14.7 Å². The van der Waals surface area contributed by atoms with E-state index in [0.29, 0.717) is 32.1 Å². The Bertz CT molecular complexity index is 874. The molecule has 2 aromatic rings. The van der Waals surface area contributed by atoms with Crippen LogP contribution in [-0.4, -0.2) is 44.7 Å². The van der Waals surface area contributed by atoms with E-state index in [-0.39, 0.29) is 17.9 Å². The van der Waals surface area contributed by atoms with Crippen LogP contribution in [0.15, 0.2) is 30.5 Å². The largest absolute Gasteiger partial charge is 0.378 e. The molecule has 1 aliphatic rings. The van der Waals surface area contributed by atoms with Crippen molar-refractivity contribution >= 4 is 15.8 Å². The lowest BCUT2D eigenvalue weighted by atomic mass is 10.2. The lowest BCUT2D eigenvalue weighted by Crippen LogP contribution is -2.37. The van der Waals surface area contributed by atoms with E-state index in [1.54, 1.807) is 12.3 Å². The van der Waals surface area contributed by atoms with E-state index in [2.05, 4.69) is 14.7 Å². The standard InChI is InChI=1S/C16H18F2N4O3S/c17-13-1-2-14(18)12(9-13)11-26(23,24)20-10-15-19-4-3-16(21-15)22-5-7-25-8-6-22/h1-4,9,20H,5-8,10-11H2. The Morgan fingerprint density at radius 3 is 2.73 bits per heavy atom. The van der Waals surface area contributed by atoms with Crippen LogP contribution in [0.25, 0.3) is 0 Å². The number of morpholine rings is 1. The number of halogens is 2. The topological polar surface area (TPSA) is 84.4 Å². The number of hydrogen-bond donors (Lipinski definition) is 1. The average Bonchev–Trinajstić information content (AvgIpc) is 2.64. The van der Waals surface area contributed by atoms with Gasteiger partial charge in [0, 0.05) is 24.8 Å². The lowest BCUT2D eigenvalue weighted by Gasteiger charge is -2.27. The first-order chi connectivity index (χ1) is 12.4. The van der Waals surface area contributed by atoms with E-state index in [9.17, 15) is 17.2 Å². The van der Waals surface area contributed by atoms with E-state index < -0.39 is 27.4 Å². The second kappa shape index (κ2) is 8.02. The summed E-state index contributed by atoms with van der Waals surface area (Å²) in [5, 5.41) is 0. The third kappa shape index (κ3) is 4.93. The zero-order chi connectivity index (χ0) is 18.6. The van der Waals surface area contributed by atoms with E-state index in [4.69, 9.17) is 4.74 Å². The van der Waals surface area contributed by atoms with Gasteiger partial charge in [-0.25, -0.2) is 31.9 Å². The molecule has 0 radical (unpaired) electrons. The quantitative estimate of drug-likeness (QED) is 0.806. The molecule has 1 N–H and O–H groups in total. The molecule has 0 amide bonds. The summed E-state index contributed by atoms with van der Waals surface area (Å²) >= 11 is 0. The number of ether oxygens (including phenoxy) is 1. The van der Waals surface area contributed by atoms with Crippen molar-refractivity contribution in [2.75, 3.05) is 31.2 Å². The van der Waals surface area contributed by atoms with Crippen molar-refractivity contribution in [2.24, 2.45) is 0 Å². The van der Waals surface area contributed by atoms with Crippen LogP contribution in [-0.2, 0) is 27.1 Å². The third-order valence-corrected chi connectivity index (χ3v) is 5.10. The summed E-state index contributed by atoms with van der Waals surface area (Å²) < 4.78 is 58.7. The Morgan fingerprint density at radius 2 is 1.96 bits per heavy atom. The van der Waals surface area contributed by atoms with Gasteiger partial charge in [0.2, 0.25) is 10.0 Å². The number of hydrogen-bond acceptors (Lipinski definition) is 6. The summed E-state index contributed by atoms with van der Waals surface area (Å²) in [5.41, 5.74) is -0.236. The maximum atomic E-state index is 13.6. The van der Waals surface area contributed by atoms with Crippen LogP contribution in [0.3, 0.4) is 0 Å². The predicted molar refractivity (Wildman–Crippen MR) is 90.9 cm³/mol. The Morgan fingerprint density at radius 1 is 1.19 bits per heavy atom. The molecule has 0 spiro atoms. The summed E-state index contributed by atoms with van der Waals surface area (Å²) in [6, 6.07) is 4.44. The smallest absolute Gasteiger partial charge is 0.216 e. The predicted octanol–water partition coefficient (Wildman–Crippen LogP) is 1.21. The molecule has 0 atom stereocenters. The molecule has 10 heteroatoms. The number of sulfonamides is 1. The summed E-state index contributed by atoms with van der Waals surface area (Å²) in [7, 11) is -3.88. The van der Waals surface area contributed by atoms with Crippen molar-refractivity contribution in [1.29, 1.82) is 0 Å². The molecule has 0 bridgehead atoms. The molecule has 1 saturated heterocycles. The molecule has 1 fully saturated rings. The molecular formula is C16H18F2N4O3S. The highest BCUT2D eigenvalue weighted by Gasteiger charge is 2.17. The molecule has 1 aromatic heterocycles. The van der Waals surface area contributed by atoms with Crippen LogP contribution < -0.4 is 9.62 Å². The van der Waals surface area contributed by atoms with Crippen molar-refractivity contribution in [2.45, 2.75) is 12.3 Å². The first-order valence-corrected chi connectivity index (χ1v) is 9.64. The molecule has 7 nitrogen and oxygen atoms in total. The molecule has 3 rings (SSSR count). The fourth-order valence-corrected chi connectivity index (χ4v) is 3.61. The van der Waals surface area contributed by atoms with E-state index in [1.807, 2.05) is 4.90 Å². The van der Waals surface area contributed by atoms with Crippen LogP contribution in [0.1, 0.15) is 11.4 Å². The first-order valence-electron chi connectivity index (χ1n) is 7.99. The van der Waals surface area contributed by atoms with Gasteiger partial charge in [-0.1, -0.05) is 0 Å². The number of nitrogens with one attached hydrogen (secondary N) is 1. The van der Waals surface area contributed by atoms with Crippen molar-refractivity contribution in [3.05, 3.63) is 53.5 Å². The maximum absolute atomic E-state index is 13.6. The van der Waals surface area contributed by atoms with E-state index >= 15 is 0 Å². The molecule has 1 aliphatic heterocycles. The van der Waals surface area contributed by atoms with Gasteiger partial charge in [0.1, 0.15) is 23.3 Å². The van der Waals surface area contributed by atoms with Crippen molar-refractivity contribution in [3.8, 4) is 0 Å². The third-order valence-electron chi connectivity index (χ3n) is 3.83. The zero-order valence-electron chi connectivity index (χ0n) is 13.9. The summed E-state index contributed by atoms with van der Waals surface area (Å²) in [5.74, 6) is -1.16. The number of benzene rings is 1. The van der Waals surface area contributed by atoms with Crippen LogP contribution >= 0.6 is 0 Å². The monoisotopic (exact) mass is 384 g/mol. The number of anilines is 1. The summed E-state index contributed by atoms with van der Waals surface area (Å²) in [4.78, 5) is 10.4. The second-order valence-electron chi connectivity index (χ2n) is 5.75. The van der Waals surface area contributed by atoms with Gasteiger partial charge in [0.05, 0.1) is 25.5 Å². The van der Waals surface area contributed by atoms with Crippen molar-refractivity contribution < 1.29 is 21.9 Å². The van der Waals surface area contributed by atoms with Gasteiger partial charge in [0.15, 0.2) is 0 Å². The Kier molecular flexibility index (Phi) is 5.74. The Hall–Kier alpha value is -2.17. The van der Waals surface area contributed by atoms with E-state index in [0.717, 1.165) is 18.2 Å². The van der Waals surface area contributed by atoms with Crippen LogP contribution in [0, 0.1) is 11.6 Å². The molecular weight excluding hydrogens is 366 g/mol. The van der Waals surface area contributed by atoms with Crippen LogP contribution in [0.5, 0.6) is 0 Å². The molecule has 1 aromatic carbocycles. The zero-order valence-corrected chi connectivity index (χ0v) is 14.7. The molecule has 0 unspecified atom stereocenters. The minimum absolute atomic E-state index is 0.141. The number of aromatic nitrogens is 2. The molecule has 2 heterocycles. The Labute approximate surface area is 150 Å². The normalized spacial score (nSPS) is 15.2. The summed E-state index contributed by atoms with van der Waals surface area (Å²) in [6.07, 6.45) is 1.55. The van der Waals surface area contributed by atoms with Gasteiger partial charge in [-0.15, -0.1) is 0 Å². The molecule has 26 heavy (non-hydrogen) atoms. The van der Waals surface area contributed by atoms with Gasteiger partial charge in [-0.2, -0.15) is 0 Å². The fourth-order valence-electron chi connectivity index (χ4n) is 2.53. The van der Waals surface area contributed by atoms with Crippen LogP contribution in [0.4, 0.5) is 14.6 Å². The minimum atomic E-state index is -3.88. The highest BCUT2D eigenvalue weighted by Crippen LogP contribution is 2.14. The number of rotatable bonds is 6. The van der Waals surface area contributed by atoms with Gasteiger partial charge in [-0.3, -0.25) is 0 Å². The lowest BCUT2D eigenvalue weighted by molar-refractivity contribution is 0.122. The van der Waals surface area contributed by atoms with Gasteiger partial charge < -0.3 is 9.64 Å². The molecule has 0 saturated carbocycles. The first kappa shape index (κ1) is 18.6. The SMILES string of the molecule is O=S(=O)(Cc1cc(F)ccc1F)NCc1nccc(N2CCOCC2)n1. The van der Waals surface area contributed by atoms with E-state index in [1.165, 1.54) is 0 Å². The summed E-state index contributed by atoms with van der Waals surface area (Å²) in [6.45, 7) is 2.45. The highest BCUT2D eigenvalue weighted by atomic mass is 32.2. The van der Waals surface area contributed by atoms with Crippen LogP contribution in [0.2, 0.25) is 0 Å². The Balaban J connectivity index is 1.65. The second-order valence-corrected chi connectivity index (χ2v) is 7.55. The van der Waals surface area contributed by atoms with Crippen molar-refractivity contribution in [3.63, 3.8) is 0 Å². The van der Waals surface area contributed by atoms with Gasteiger partial charge >= 0.3 is 0 Å². The minimum Gasteiger partial charge on any atom is -0.378 e. The van der Waals surface area contributed by atoms with Gasteiger partial charge in [-0.05, 0) is 24.3 Å². The maximum Gasteiger partial charge on any atom is 0.216 e. The number of nitrogens with zero attached hydrogens (tertiary/aromatic N) is 3. The molecule has 0 aliphatic carbocycles. The van der Waals surface area contributed by atoms with Gasteiger partial charge in [0.25, 0.3) is 0 Å². The fraction of sp³-hybridized carbons (Fsp3) is 0.375.